The van der Waals surface area contributed by atoms with Crippen molar-refractivity contribution in [3.8, 4) is 0 Å². The molecular weight excluding hydrogens is 388 g/mol. The first kappa shape index (κ1) is 19.8. The molecule has 0 aliphatic heterocycles. The van der Waals surface area contributed by atoms with Gasteiger partial charge in [-0.25, -0.2) is 13.1 Å². The van der Waals surface area contributed by atoms with Crippen LogP contribution in [0.4, 0.5) is 0 Å². The number of hydrogen-bond donors (Lipinski definition) is 3. The van der Waals surface area contributed by atoms with E-state index >= 15 is 0 Å². The Balaban J connectivity index is 1.81. The second-order valence-electron chi connectivity index (χ2n) is 6.61. The fraction of sp³-hybridized carbons (Fsp3) is 0.316. The van der Waals surface area contributed by atoms with Crippen molar-refractivity contribution in [2.45, 2.75) is 36.2 Å². The third-order valence-corrected chi connectivity index (χ3v) is 6.57. The summed E-state index contributed by atoms with van der Waals surface area (Å²) in [6.45, 7) is 0.230. The molecule has 2 aromatic rings. The number of fused-ring (bicyclic) bond motifs is 1. The van der Waals surface area contributed by atoms with Crippen molar-refractivity contribution in [2.75, 3.05) is 6.54 Å². The number of amides is 1. The second kappa shape index (κ2) is 7.98. The third-order valence-electron chi connectivity index (χ3n) is 4.88. The third kappa shape index (κ3) is 4.32. The van der Waals surface area contributed by atoms with Gasteiger partial charge in [0.2, 0.25) is 10.0 Å². The van der Waals surface area contributed by atoms with Crippen molar-refractivity contribution in [2.24, 2.45) is 5.73 Å². The number of hydrogen-bond acceptors (Lipinski definition) is 4. The van der Waals surface area contributed by atoms with E-state index < -0.39 is 22.0 Å². The summed E-state index contributed by atoms with van der Waals surface area (Å²) in [6, 6.07) is 11.3. The average molecular weight is 409 g/mol. The fourth-order valence-corrected chi connectivity index (χ4v) is 4.71. The summed E-state index contributed by atoms with van der Waals surface area (Å²) in [7, 11) is -3.65. The Morgan fingerprint density at radius 3 is 2.63 bits per heavy atom. The van der Waals surface area contributed by atoms with E-state index in [9.17, 15) is 18.3 Å². The molecule has 2 atom stereocenters. The van der Waals surface area contributed by atoms with Gasteiger partial charge in [0, 0.05) is 11.6 Å². The average Bonchev–Trinajstić information content (AvgIpc) is 2.65. The van der Waals surface area contributed by atoms with Crippen LogP contribution in [-0.4, -0.2) is 26.0 Å². The lowest BCUT2D eigenvalue weighted by Crippen LogP contribution is -2.31. The van der Waals surface area contributed by atoms with Crippen molar-refractivity contribution >= 4 is 27.5 Å². The molecule has 0 aromatic heterocycles. The molecule has 2 aromatic carbocycles. The SMILES string of the molecule is NC(=O)C(O)c1cccc2c1CCCC2CNS(=O)(=O)c1ccc(Cl)cc1. The van der Waals surface area contributed by atoms with Crippen LogP contribution < -0.4 is 10.5 Å². The minimum absolute atomic E-state index is 0.0455. The Labute approximate surface area is 163 Å². The highest BCUT2D eigenvalue weighted by Gasteiger charge is 2.27. The normalized spacial score (nSPS) is 17.9. The fourth-order valence-electron chi connectivity index (χ4n) is 3.50. The summed E-state index contributed by atoms with van der Waals surface area (Å²) in [5.41, 5.74) is 7.56. The van der Waals surface area contributed by atoms with Crippen LogP contribution in [0.2, 0.25) is 5.02 Å². The molecule has 0 fully saturated rings. The zero-order chi connectivity index (χ0) is 19.6. The highest BCUT2D eigenvalue weighted by molar-refractivity contribution is 7.89. The summed E-state index contributed by atoms with van der Waals surface area (Å²) < 4.78 is 27.7. The molecule has 27 heavy (non-hydrogen) atoms. The summed E-state index contributed by atoms with van der Waals surface area (Å²) in [4.78, 5) is 11.5. The first-order chi connectivity index (χ1) is 12.8. The van der Waals surface area contributed by atoms with Crippen LogP contribution in [-0.2, 0) is 21.2 Å². The number of benzene rings is 2. The molecule has 8 heteroatoms. The Bertz CT molecular complexity index is 945. The van der Waals surface area contributed by atoms with Crippen molar-refractivity contribution in [1.82, 2.24) is 4.72 Å². The largest absolute Gasteiger partial charge is 0.378 e. The molecular formula is C19H21ClN2O4S. The van der Waals surface area contributed by atoms with Gasteiger partial charge in [-0.15, -0.1) is 0 Å². The molecule has 1 aliphatic rings. The summed E-state index contributed by atoms with van der Waals surface area (Å²) in [6.07, 6.45) is 1.01. The summed E-state index contributed by atoms with van der Waals surface area (Å²) in [5, 5.41) is 10.5. The zero-order valence-corrected chi connectivity index (χ0v) is 16.1. The highest BCUT2D eigenvalue weighted by atomic mass is 35.5. The van der Waals surface area contributed by atoms with Gasteiger partial charge in [0.05, 0.1) is 4.90 Å². The highest BCUT2D eigenvalue weighted by Crippen LogP contribution is 2.35. The van der Waals surface area contributed by atoms with E-state index in [0.29, 0.717) is 10.6 Å². The van der Waals surface area contributed by atoms with E-state index in [4.69, 9.17) is 17.3 Å². The Kier molecular flexibility index (Phi) is 5.86. The van der Waals surface area contributed by atoms with Crippen molar-refractivity contribution in [1.29, 1.82) is 0 Å². The van der Waals surface area contributed by atoms with E-state index in [1.54, 1.807) is 12.1 Å². The predicted molar refractivity (Wildman–Crippen MR) is 103 cm³/mol. The molecule has 1 aliphatic carbocycles. The Morgan fingerprint density at radius 1 is 1.26 bits per heavy atom. The smallest absolute Gasteiger partial charge is 0.250 e. The van der Waals surface area contributed by atoms with Gasteiger partial charge in [-0.2, -0.15) is 0 Å². The summed E-state index contributed by atoms with van der Waals surface area (Å²) in [5.74, 6) is -0.843. The van der Waals surface area contributed by atoms with Crippen LogP contribution in [0, 0.1) is 0 Å². The molecule has 0 bridgehead atoms. The number of aliphatic hydroxyl groups is 1. The van der Waals surface area contributed by atoms with Gasteiger partial charge in [0.15, 0.2) is 6.10 Å². The number of nitrogens with two attached hydrogens (primary N) is 1. The quantitative estimate of drug-likeness (QED) is 0.680. The van der Waals surface area contributed by atoms with Crippen molar-refractivity contribution in [3.63, 3.8) is 0 Å². The van der Waals surface area contributed by atoms with Gasteiger partial charge in [0.25, 0.3) is 5.91 Å². The number of nitrogens with one attached hydrogen (secondary N) is 1. The van der Waals surface area contributed by atoms with E-state index in [-0.39, 0.29) is 17.4 Å². The van der Waals surface area contributed by atoms with Crippen LogP contribution in [0.15, 0.2) is 47.4 Å². The number of carbonyl (C=O) groups excluding carboxylic acids is 1. The molecule has 0 radical (unpaired) electrons. The van der Waals surface area contributed by atoms with Crippen LogP contribution in [0.3, 0.4) is 0 Å². The molecule has 0 heterocycles. The topological polar surface area (TPSA) is 109 Å². The van der Waals surface area contributed by atoms with E-state index in [1.165, 1.54) is 24.3 Å². The molecule has 144 valence electrons. The molecule has 0 spiro atoms. The van der Waals surface area contributed by atoms with E-state index in [1.807, 2.05) is 6.07 Å². The minimum atomic E-state index is -3.65. The first-order valence-electron chi connectivity index (χ1n) is 8.64. The molecule has 0 saturated carbocycles. The van der Waals surface area contributed by atoms with Gasteiger partial charge in [0.1, 0.15) is 0 Å². The van der Waals surface area contributed by atoms with Crippen LogP contribution in [0.5, 0.6) is 0 Å². The molecule has 4 N–H and O–H groups in total. The number of aliphatic hydroxyl groups excluding tert-OH is 1. The minimum Gasteiger partial charge on any atom is -0.378 e. The maximum Gasteiger partial charge on any atom is 0.250 e. The molecule has 0 saturated heterocycles. The van der Waals surface area contributed by atoms with E-state index in [2.05, 4.69) is 4.72 Å². The lowest BCUT2D eigenvalue weighted by Gasteiger charge is -2.28. The van der Waals surface area contributed by atoms with Crippen LogP contribution >= 0.6 is 11.6 Å². The maximum absolute atomic E-state index is 12.5. The van der Waals surface area contributed by atoms with Gasteiger partial charge >= 0.3 is 0 Å². The van der Waals surface area contributed by atoms with Crippen molar-refractivity contribution in [3.05, 3.63) is 64.2 Å². The zero-order valence-electron chi connectivity index (χ0n) is 14.6. The van der Waals surface area contributed by atoms with E-state index in [0.717, 1.165) is 30.4 Å². The number of halogens is 1. The van der Waals surface area contributed by atoms with Crippen molar-refractivity contribution < 1.29 is 18.3 Å². The number of carbonyl (C=O) groups is 1. The van der Waals surface area contributed by atoms with Crippen LogP contribution in [0.25, 0.3) is 0 Å². The predicted octanol–water partition coefficient (Wildman–Crippen LogP) is 2.26. The Hall–Kier alpha value is -1.93. The number of rotatable bonds is 6. The maximum atomic E-state index is 12.5. The van der Waals surface area contributed by atoms with Gasteiger partial charge in [-0.1, -0.05) is 29.8 Å². The molecule has 3 rings (SSSR count). The Morgan fingerprint density at radius 2 is 1.96 bits per heavy atom. The molecule has 6 nitrogen and oxygen atoms in total. The van der Waals surface area contributed by atoms with Crippen LogP contribution in [0.1, 0.15) is 41.6 Å². The van der Waals surface area contributed by atoms with Gasteiger partial charge in [-0.05, 0) is 66.1 Å². The monoisotopic (exact) mass is 408 g/mol. The first-order valence-corrected chi connectivity index (χ1v) is 10.5. The van der Waals surface area contributed by atoms with Gasteiger partial charge < -0.3 is 10.8 Å². The van der Waals surface area contributed by atoms with Gasteiger partial charge in [-0.3, -0.25) is 4.79 Å². The summed E-state index contributed by atoms with van der Waals surface area (Å²) >= 11 is 5.81. The molecule has 1 amide bonds. The standard InChI is InChI=1S/C19H21ClN2O4S/c20-13-7-9-14(10-8-13)27(25,26)22-11-12-3-1-5-16-15(12)4-2-6-17(16)18(23)19(21)24/h2,4,6-10,12,18,22-23H,1,3,5,11H2,(H2,21,24). The lowest BCUT2D eigenvalue weighted by atomic mass is 9.80. The molecule has 2 unspecified atom stereocenters. The lowest BCUT2D eigenvalue weighted by molar-refractivity contribution is -0.126. The second-order valence-corrected chi connectivity index (χ2v) is 8.82. The number of primary amides is 1. The number of sulfonamides is 1.